The first-order valence-electron chi connectivity index (χ1n) is 6.69. The number of hydrogen-bond donors (Lipinski definition) is 1. The van der Waals surface area contributed by atoms with Crippen LogP contribution in [0.4, 0.5) is 5.69 Å². The van der Waals surface area contributed by atoms with E-state index in [1.165, 1.54) is 12.1 Å². The maximum Gasteiger partial charge on any atom is 0.273 e. The minimum atomic E-state index is -0.459. The first-order chi connectivity index (χ1) is 9.54. The van der Waals surface area contributed by atoms with E-state index in [0.717, 1.165) is 6.42 Å². The molecule has 0 saturated heterocycles. The van der Waals surface area contributed by atoms with Crippen molar-refractivity contribution in [2.24, 2.45) is 5.92 Å². The Hall–Kier alpha value is -2.11. The molecule has 6 heteroatoms. The van der Waals surface area contributed by atoms with E-state index in [4.69, 9.17) is 4.74 Å². The fourth-order valence-electron chi connectivity index (χ4n) is 1.52. The highest BCUT2D eigenvalue weighted by atomic mass is 16.6. The lowest BCUT2D eigenvalue weighted by Crippen LogP contribution is -2.30. The van der Waals surface area contributed by atoms with Gasteiger partial charge in [-0.25, -0.2) is 0 Å². The van der Waals surface area contributed by atoms with Gasteiger partial charge < -0.3 is 10.1 Å². The lowest BCUT2D eigenvalue weighted by molar-refractivity contribution is -0.384. The van der Waals surface area contributed by atoms with Crippen molar-refractivity contribution in [2.75, 3.05) is 13.2 Å². The number of benzene rings is 1. The monoisotopic (exact) mass is 280 g/mol. The largest absolute Gasteiger partial charge is 0.493 e. The summed E-state index contributed by atoms with van der Waals surface area (Å²) >= 11 is 0. The van der Waals surface area contributed by atoms with E-state index in [1.807, 2.05) is 13.8 Å². The van der Waals surface area contributed by atoms with Crippen LogP contribution >= 0.6 is 0 Å². The summed E-state index contributed by atoms with van der Waals surface area (Å²) in [5, 5.41) is 13.4. The van der Waals surface area contributed by atoms with Gasteiger partial charge in [0, 0.05) is 18.5 Å². The number of nitro benzene ring substituents is 1. The molecule has 0 radical (unpaired) electrons. The zero-order valence-corrected chi connectivity index (χ0v) is 11.8. The lowest BCUT2D eigenvalue weighted by atomic mass is 10.1. The number of ether oxygens (including phenoxy) is 1. The van der Waals surface area contributed by atoms with Crippen LogP contribution in [0.5, 0.6) is 5.75 Å². The van der Waals surface area contributed by atoms with Gasteiger partial charge in [-0.1, -0.05) is 19.9 Å². The van der Waals surface area contributed by atoms with Crippen LogP contribution in [0.1, 0.15) is 26.7 Å². The van der Waals surface area contributed by atoms with Gasteiger partial charge in [0.1, 0.15) is 5.75 Å². The predicted molar refractivity (Wildman–Crippen MR) is 75.7 cm³/mol. The average molecular weight is 280 g/mol. The second-order valence-electron chi connectivity index (χ2n) is 4.56. The summed E-state index contributed by atoms with van der Waals surface area (Å²) in [6, 6.07) is 6.06. The Balaban J connectivity index is 2.26. The summed E-state index contributed by atoms with van der Waals surface area (Å²) in [6.07, 6.45) is 1.47. The van der Waals surface area contributed by atoms with Crippen molar-refractivity contribution in [3.05, 3.63) is 34.4 Å². The van der Waals surface area contributed by atoms with Crippen molar-refractivity contribution in [2.45, 2.75) is 26.7 Å². The van der Waals surface area contributed by atoms with Gasteiger partial charge in [-0.3, -0.25) is 14.9 Å². The Bertz CT molecular complexity index is 462. The molecule has 1 atom stereocenters. The van der Waals surface area contributed by atoms with Gasteiger partial charge in [0.15, 0.2) is 0 Å². The predicted octanol–water partition coefficient (Wildman–Crippen LogP) is 2.53. The summed E-state index contributed by atoms with van der Waals surface area (Å²) in [7, 11) is 0. The number of nitrogens with zero attached hydrogens (tertiary/aromatic N) is 1. The smallest absolute Gasteiger partial charge is 0.273 e. The van der Waals surface area contributed by atoms with Crippen LogP contribution in [-0.2, 0) is 4.79 Å². The first kappa shape index (κ1) is 15.9. The number of nitrogens with one attached hydrogen (secondary N) is 1. The molecule has 0 unspecified atom stereocenters. The van der Waals surface area contributed by atoms with Crippen molar-refractivity contribution < 1.29 is 14.5 Å². The Morgan fingerprint density at radius 2 is 2.25 bits per heavy atom. The second kappa shape index (κ2) is 8.14. The molecule has 0 aliphatic carbocycles. The number of non-ortho nitro benzene ring substituents is 1. The van der Waals surface area contributed by atoms with E-state index in [1.54, 1.807) is 12.1 Å². The normalized spacial score (nSPS) is 11.7. The first-order valence-corrected chi connectivity index (χ1v) is 6.69. The Morgan fingerprint density at radius 3 is 2.90 bits per heavy atom. The molecule has 0 bridgehead atoms. The van der Waals surface area contributed by atoms with E-state index in [2.05, 4.69) is 5.32 Å². The SMILES string of the molecule is CC[C@H](C)C(=O)NCCCOc1cccc([N+](=O)[O-])c1. The molecule has 0 saturated carbocycles. The summed E-state index contributed by atoms with van der Waals surface area (Å²) in [5.41, 5.74) is 0.00701. The van der Waals surface area contributed by atoms with Gasteiger partial charge in [-0.15, -0.1) is 0 Å². The number of rotatable bonds is 8. The number of amides is 1. The lowest BCUT2D eigenvalue weighted by Gasteiger charge is -2.10. The van der Waals surface area contributed by atoms with Crippen molar-refractivity contribution in [3.63, 3.8) is 0 Å². The molecular formula is C14H20N2O4. The van der Waals surface area contributed by atoms with Gasteiger partial charge in [0.2, 0.25) is 5.91 Å². The van der Waals surface area contributed by atoms with E-state index < -0.39 is 4.92 Å². The second-order valence-corrected chi connectivity index (χ2v) is 4.56. The molecule has 1 rings (SSSR count). The molecule has 1 amide bonds. The summed E-state index contributed by atoms with van der Waals surface area (Å²) in [6.45, 7) is 4.80. The fraction of sp³-hybridized carbons (Fsp3) is 0.500. The van der Waals surface area contributed by atoms with Crippen LogP contribution in [0.15, 0.2) is 24.3 Å². The molecule has 0 heterocycles. The van der Waals surface area contributed by atoms with Gasteiger partial charge >= 0.3 is 0 Å². The van der Waals surface area contributed by atoms with Crippen LogP contribution < -0.4 is 10.1 Å². The summed E-state index contributed by atoms with van der Waals surface area (Å²) < 4.78 is 5.41. The van der Waals surface area contributed by atoms with E-state index in [0.29, 0.717) is 25.3 Å². The van der Waals surface area contributed by atoms with Crippen LogP contribution in [-0.4, -0.2) is 24.0 Å². The summed E-state index contributed by atoms with van der Waals surface area (Å²) in [5.74, 6) is 0.531. The molecule has 20 heavy (non-hydrogen) atoms. The third-order valence-corrected chi connectivity index (χ3v) is 2.98. The van der Waals surface area contributed by atoms with Crippen molar-refractivity contribution in [1.82, 2.24) is 5.32 Å². The number of nitro groups is 1. The molecule has 0 fully saturated rings. The van der Waals surface area contributed by atoms with Crippen LogP contribution in [0, 0.1) is 16.0 Å². The maximum absolute atomic E-state index is 11.5. The molecule has 1 aromatic rings. The molecule has 1 aromatic carbocycles. The van der Waals surface area contributed by atoms with Crippen molar-refractivity contribution >= 4 is 11.6 Å². The molecule has 6 nitrogen and oxygen atoms in total. The minimum Gasteiger partial charge on any atom is -0.493 e. The third-order valence-electron chi connectivity index (χ3n) is 2.98. The standard InChI is InChI=1S/C14H20N2O4/c1-3-11(2)14(17)15-8-5-9-20-13-7-4-6-12(10-13)16(18)19/h4,6-7,10-11H,3,5,8-9H2,1-2H3,(H,15,17)/t11-/m0/s1. The zero-order valence-electron chi connectivity index (χ0n) is 11.8. The highest BCUT2D eigenvalue weighted by Crippen LogP contribution is 2.18. The quantitative estimate of drug-likeness (QED) is 0.450. The van der Waals surface area contributed by atoms with Gasteiger partial charge in [0.25, 0.3) is 5.69 Å². The minimum absolute atomic E-state index is 0.00701. The van der Waals surface area contributed by atoms with Crippen molar-refractivity contribution in [1.29, 1.82) is 0 Å². The number of carbonyl (C=O) groups excluding carboxylic acids is 1. The van der Waals surface area contributed by atoms with Gasteiger partial charge in [-0.2, -0.15) is 0 Å². The molecular weight excluding hydrogens is 260 g/mol. The Kier molecular flexibility index (Phi) is 6.49. The third kappa shape index (κ3) is 5.26. The highest BCUT2D eigenvalue weighted by Gasteiger charge is 2.09. The molecule has 0 aliphatic rings. The number of hydrogen-bond acceptors (Lipinski definition) is 4. The molecule has 0 aromatic heterocycles. The molecule has 0 aliphatic heterocycles. The maximum atomic E-state index is 11.5. The Morgan fingerprint density at radius 1 is 1.50 bits per heavy atom. The van der Waals surface area contributed by atoms with E-state index in [9.17, 15) is 14.9 Å². The van der Waals surface area contributed by atoms with E-state index in [-0.39, 0.29) is 17.5 Å². The van der Waals surface area contributed by atoms with Gasteiger partial charge in [-0.05, 0) is 18.9 Å². The van der Waals surface area contributed by atoms with Crippen LogP contribution in [0.2, 0.25) is 0 Å². The number of carbonyl (C=O) groups is 1. The summed E-state index contributed by atoms with van der Waals surface area (Å²) in [4.78, 5) is 21.6. The molecule has 0 spiro atoms. The Labute approximate surface area is 118 Å². The van der Waals surface area contributed by atoms with E-state index >= 15 is 0 Å². The van der Waals surface area contributed by atoms with Gasteiger partial charge in [0.05, 0.1) is 17.6 Å². The molecule has 110 valence electrons. The van der Waals surface area contributed by atoms with Crippen LogP contribution in [0.25, 0.3) is 0 Å². The zero-order chi connectivity index (χ0) is 15.0. The molecule has 1 N–H and O–H groups in total. The van der Waals surface area contributed by atoms with Crippen LogP contribution in [0.3, 0.4) is 0 Å². The highest BCUT2D eigenvalue weighted by molar-refractivity contribution is 5.78. The topological polar surface area (TPSA) is 81.5 Å². The fourth-order valence-corrected chi connectivity index (χ4v) is 1.52. The van der Waals surface area contributed by atoms with Crippen molar-refractivity contribution in [3.8, 4) is 5.75 Å². The average Bonchev–Trinajstić information content (AvgIpc) is 2.46.